The highest BCUT2D eigenvalue weighted by molar-refractivity contribution is 7.73. The summed E-state index contributed by atoms with van der Waals surface area (Å²) in [4.78, 5) is 0. The molecule has 1 aliphatic rings. The number of hydrogen-bond donors (Lipinski definition) is 0. The standard InChI is InChI=1S/C22H30P2/c23-22(16-8-3-9-17-22)18-10-11-19-24(20-12-4-1-5-13-20)21-14-6-2-7-15-21/h1-2,4-7,12-15H,3,8-11,16-19,23H2. The van der Waals surface area contributed by atoms with Crippen molar-refractivity contribution in [2.45, 2.75) is 56.5 Å². The third-order valence-corrected chi connectivity index (χ3v) is 8.76. The molecule has 2 aromatic carbocycles. The van der Waals surface area contributed by atoms with Crippen LogP contribution in [0.4, 0.5) is 0 Å². The summed E-state index contributed by atoms with van der Waals surface area (Å²) in [5.74, 6) is 0. The van der Waals surface area contributed by atoms with Gasteiger partial charge in [0.15, 0.2) is 0 Å². The van der Waals surface area contributed by atoms with Crippen molar-refractivity contribution >= 4 is 27.8 Å². The largest absolute Gasteiger partial charge is 0.131 e. The second-order valence-electron chi connectivity index (χ2n) is 7.20. The van der Waals surface area contributed by atoms with Gasteiger partial charge in [-0.25, -0.2) is 0 Å². The lowest BCUT2D eigenvalue weighted by Crippen LogP contribution is -2.24. The highest BCUT2D eigenvalue weighted by atomic mass is 31.1. The van der Waals surface area contributed by atoms with E-state index in [4.69, 9.17) is 0 Å². The Morgan fingerprint density at radius 1 is 0.750 bits per heavy atom. The molecule has 1 unspecified atom stereocenters. The zero-order valence-corrected chi connectivity index (χ0v) is 16.7. The minimum absolute atomic E-state index is 0.203. The molecule has 0 aliphatic heterocycles. The van der Waals surface area contributed by atoms with Gasteiger partial charge in [-0.3, -0.25) is 0 Å². The molecule has 0 aromatic heterocycles. The Bertz CT molecular complexity index is 548. The van der Waals surface area contributed by atoms with Crippen molar-refractivity contribution in [1.29, 1.82) is 0 Å². The third kappa shape index (κ3) is 5.15. The van der Waals surface area contributed by atoms with Gasteiger partial charge >= 0.3 is 0 Å². The van der Waals surface area contributed by atoms with Gasteiger partial charge in [0, 0.05) is 0 Å². The molecule has 0 amide bonds. The molecule has 0 nitrogen and oxygen atoms in total. The maximum atomic E-state index is 3.21. The summed E-state index contributed by atoms with van der Waals surface area (Å²) >= 11 is 0. The molecule has 1 saturated carbocycles. The minimum atomic E-state index is -0.203. The van der Waals surface area contributed by atoms with Crippen molar-refractivity contribution in [3.63, 3.8) is 0 Å². The van der Waals surface area contributed by atoms with E-state index in [0.29, 0.717) is 5.16 Å². The van der Waals surface area contributed by atoms with Gasteiger partial charge in [0.25, 0.3) is 0 Å². The fourth-order valence-corrected chi connectivity index (χ4v) is 6.91. The summed E-state index contributed by atoms with van der Waals surface area (Å²) in [6, 6.07) is 22.3. The van der Waals surface area contributed by atoms with E-state index in [9.17, 15) is 0 Å². The Morgan fingerprint density at radius 2 is 1.29 bits per heavy atom. The molecule has 0 spiro atoms. The van der Waals surface area contributed by atoms with Crippen molar-refractivity contribution < 1.29 is 0 Å². The molecular formula is C22H30P2. The SMILES string of the molecule is PC1(CCCCP(c2ccccc2)c2ccccc2)CCCCC1. The number of hydrogen-bond acceptors (Lipinski definition) is 0. The van der Waals surface area contributed by atoms with Crippen LogP contribution in [0.2, 0.25) is 0 Å². The smallest absolute Gasteiger partial charge is 0.0150 e. The molecule has 1 atom stereocenters. The van der Waals surface area contributed by atoms with Crippen LogP contribution in [-0.2, 0) is 0 Å². The van der Waals surface area contributed by atoms with Crippen molar-refractivity contribution in [3.05, 3.63) is 60.7 Å². The van der Waals surface area contributed by atoms with Gasteiger partial charge in [-0.05, 0) is 55.5 Å². The van der Waals surface area contributed by atoms with Crippen LogP contribution in [0, 0.1) is 0 Å². The molecule has 1 aliphatic carbocycles. The summed E-state index contributed by atoms with van der Waals surface area (Å²) in [7, 11) is 3.01. The monoisotopic (exact) mass is 356 g/mol. The van der Waals surface area contributed by atoms with Crippen LogP contribution in [0.15, 0.2) is 60.7 Å². The van der Waals surface area contributed by atoms with Crippen LogP contribution in [0.5, 0.6) is 0 Å². The lowest BCUT2D eigenvalue weighted by Gasteiger charge is -2.33. The number of benzene rings is 2. The highest BCUT2D eigenvalue weighted by Crippen LogP contribution is 2.41. The molecule has 0 saturated heterocycles. The van der Waals surface area contributed by atoms with Gasteiger partial charge in [0.1, 0.15) is 0 Å². The summed E-state index contributed by atoms with van der Waals surface area (Å²) in [5, 5.41) is 3.61. The van der Waals surface area contributed by atoms with Gasteiger partial charge in [-0.1, -0.05) is 86.3 Å². The van der Waals surface area contributed by atoms with Crippen LogP contribution in [0.25, 0.3) is 0 Å². The van der Waals surface area contributed by atoms with Gasteiger partial charge in [-0.2, -0.15) is 0 Å². The van der Waals surface area contributed by atoms with Crippen molar-refractivity contribution in [1.82, 2.24) is 0 Å². The number of unbranched alkanes of at least 4 members (excludes halogenated alkanes) is 1. The van der Waals surface area contributed by atoms with Gasteiger partial charge in [0.2, 0.25) is 0 Å². The average Bonchev–Trinajstić information content (AvgIpc) is 2.64. The first-order chi connectivity index (χ1) is 11.8. The Morgan fingerprint density at radius 3 is 1.83 bits per heavy atom. The molecule has 1 fully saturated rings. The lowest BCUT2D eigenvalue weighted by molar-refractivity contribution is 0.369. The fraction of sp³-hybridized carbons (Fsp3) is 0.455. The molecule has 0 heterocycles. The van der Waals surface area contributed by atoms with Crippen molar-refractivity contribution in [3.8, 4) is 0 Å². The molecular weight excluding hydrogens is 326 g/mol. The van der Waals surface area contributed by atoms with Crippen LogP contribution >= 0.6 is 17.2 Å². The summed E-state index contributed by atoms with van der Waals surface area (Å²) < 4.78 is 0. The molecule has 128 valence electrons. The Hall–Kier alpha value is -0.700. The summed E-state index contributed by atoms with van der Waals surface area (Å²) in [5.41, 5.74) is 0. The topological polar surface area (TPSA) is 0 Å². The Balaban J connectivity index is 1.59. The van der Waals surface area contributed by atoms with Crippen LogP contribution < -0.4 is 10.6 Å². The molecule has 0 bridgehead atoms. The summed E-state index contributed by atoms with van der Waals surface area (Å²) in [6.45, 7) is 0. The highest BCUT2D eigenvalue weighted by Gasteiger charge is 2.26. The second-order valence-corrected chi connectivity index (χ2v) is 10.8. The minimum Gasteiger partial charge on any atom is -0.131 e. The molecule has 0 N–H and O–H groups in total. The molecule has 0 radical (unpaired) electrons. The molecule has 3 rings (SSSR count). The number of rotatable bonds is 7. The van der Waals surface area contributed by atoms with Crippen molar-refractivity contribution in [2.24, 2.45) is 0 Å². The molecule has 2 aromatic rings. The predicted molar refractivity (Wildman–Crippen MR) is 113 cm³/mol. The van der Waals surface area contributed by atoms with E-state index >= 15 is 0 Å². The van der Waals surface area contributed by atoms with E-state index in [1.807, 2.05) is 0 Å². The fourth-order valence-electron chi connectivity index (χ4n) is 3.88. The first-order valence-corrected chi connectivity index (χ1v) is 11.5. The van der Waals surface area contributed by atoms with Crippen LogP contribution in [0.3, 0.4) is 0 Å². The van der Waals surface area contributed by atoms with Crippen LogP contribution in [-0.4, -0.2) is 11.3 Å². The van der Waals surface area contributed by atoms with E-state index in [0.717, 1.165) is 0 Å². The first kappa shape index (κ1) is 18.1. The maximum absolute atomic E-state index is 3.21. The molecule has 2 heteroatoms. The third-order valence-electron chi connectivity index (χ3n) is 5.29. The first-order valence-electron chi connectivity index (χ1n) is 9.43. The van der Waals surface area contributed by atoms with E-state index in [2.05, 4.69) is 69.9 Å². The normalized spacial score (nSPS) is 17.1. The summed E-state index contributed by atoms with van der Waals surface area (Å²) in [6.07, 6.45) is 12.6. The Kier molecular flexibility index (Phi) is 6.88. The van der Waals surface area contributed by atoms with E-state index in [1.54, 1.807) is 0 Å². The van der Waals surface area contributed by atoms with Gasteiger partial charge in [0.05, 0.1) is 0 Å². The van der Waals surface area contributed by atoms with Gasteiger partial charge < -0.3 is 0 Å². The zero-order valence-electron chi connectivity index (χ0n) is 14.7. The Labute approximate surface area is 151 Å². The van der Waals surface area contributed by atoms with E-state index in [-0.39, 0.29) is 7.92 Å². The zero-order chi connectivity index (χ0) is 16.7. The van der Waals surface area contributed by atoms with Gasteiger partial charge in [-0.15, -0.1) is 9.24 Å². The van der Waals surface area contributed by atoms with E-state index in [1.165, 1.54) is 68.1 Å². The second kappa shape index (κ2) is 9.12. The lowest BCUT2D eigenvalue weighted by atomic mass is 9.85. The predicted octanol–water partition coefficient (Wildman–Crippen LogP) is 5.87. The molecule has 24 heavy (non-hydrogen) atoms. The maximum Gasteiger partial charge on any atom is -0.0150 e. The average molecular weight is 356 g/mol. The van der Waals surface area contributed by atoms with Crippen LogP contribution in [0.1, 0.15) is 51.4 Å². The quantitative estimate of drug-likeness (QED) is 0.430. The van der Waals surface area contributed by atoms with E-state index < -0.39 is 0 Å². The van der Waals surface area contributed by atoms with Crippen molar-refractivity contribution in [2.75, 3.05) is 6.16 Å².